The summed E-state index contributed by atoms with van der Waals surface area (Å²) in [4.78, 5) is 15.2. The van der Waals surface area contributed by atoms with Gasteiger partial charge in [-0.3, -0.25) is 4.79 Å². The molecule has 3 aromatic carbocycles. The number of rotatable bonds is 4. The zero-order valence-electron chi connectivity index (χ0n) is 15.9. The van der Waals surface area contributed by atoms with Crippen LogP contribution in [0.25, 0.3) is 0 Å². The molecule has 1 amide bonds. The van der Waals surface area contributed by atoms with E-state index in [-0.39, 0.29) is 18.9 Å². The number of para-hydroxylation sites is 1. The van der Waals surface area contributed by atoms with E-state index in [1.165, 1.54) is 0 Å². The third-order valence-corrected chi connectivity index (χ3v) is 5.22. The van der Waals surface area contributed by atoms with Crippen molar-refractivity contribution in [1.82, 2.24) is 4.90 Å². The molecule has 0 aliphatic carbocycles. The van der Waals surface area contributed by atoms with Gasteiger partial charge in [0.15, 0.2) is 11.5 Å². The molecular weight excluding hydrogens is 368 g/mol. The van der Waals surface area contributed by atoms with Crippen molar-refractivity contribution in [2.45, 2.75) is 12.7 Å². The van der Waals surface area contributed by atoms with Gasteiger partial charge in [-0.1, -0.05) is 30.3 Å². The summed E-state index contributed by atoms with van der Waals surface area (Å²) in [6.45, 7) is 0.654. The van der Waals surface area contributed by atoms with Crippen molar-refractivity contribution < 1.29 is 19.0 Å². The van der Waals surface area contributed by atoms with Gasteiger partial charge in [0.05, 0.1) is 12.7 Å². The number of amides is 1. The highest BCUT2D eigenvalue weighted by molar-refractivity contribution is 6.01. The standard InChI is InChI=1S/C23H20N2O4/c1-27-17-6-4-5-16(12-17)22-24-19-8-3-2-7-18(19)23(26)25(22)13-15-9-10-20-21(11-15)29-14-28-20/h2-12,22,24H,13-14H2,1H3. The van der Waals surface area contributed by atoms with Crippen molar-refractivity contribution in [3.63, 3.8) is 0 Å². The zero-order valence-corrected chi connectivity index (χ0v) is 15.9. The second-order valence-electron chi connectivity index (χ2n) is 6.99. The largest absolute Gasteiger partial charge is 0.497 e. The maximum Gasteiger partial charge on any atom is 0.258 e. The summed E-state index contributed by atoms with van der Waals surface area (Å²) in [6.07, 6.45) is -0.321. The first-order valence-electron chi connectivity index (χ1n) is 9.42. The number of nitrogens with one attached hydrogen (secondary N) is 1. The molecule has 1 atom stereocenters. The van der Waals surface area contributed by atoms with Gasteiger partial charge < -0.3 is 24.4 Å². The number of anilines is 1. The van der Waals surface area contributed by atoms with Crippen LogP contribution >= 0.6 is 0 Å². The lowest BCUT2D eigenvalue weighted by molar-refractivity contribution is 0.0666. The Bertz CT molecular complexity index is 1080. The minimum Gasteiger partial charge on any atom is -0.497 e. The molecule has 0 saturated heterocycles. The molecule has 2 heterocycles. The number of fused-ring (bicyclic) bond motifs is 2. The van der Waals surface area contributed by atoms with Gasteiger partial charge in [0.2, 0.25) is 6.79 Å². The molecule has 0 fully saturated rings. The number of nitrogens with zero attached hydrogens (tertiary/aromatic N) is 1. The highest BCUT2D eigenvalue weighted by atomic mass is 16.7. The summed E-state index contributed by atoms with van der Waals surface area (Å²) < 4.78 is 16.3. The molecule has 3 aromatic rings. The molecule has 2 aliphatic rings. The summed E-state index contributed by atoms with van der Waals surface area (Å²) in [5.41, 5.74) is 3.41. The van der Waals surface area contributed by atoms with Crippen molar-refractivity contribution in [2.24, 2.45) is 0 Å². The van der Waals surface area contributed by atoms with Crippen LogP contribution in [0.3, 0.4) is 0 Å². The number of carbonyl (C=O) groups excluding carboxylic acids is 1. The first-order valence-corrected chi connectivity index (χ1v) is 9.42. The van der Waals surface area contributed by atoms with Gasteiger partial charge in [0.25, 0.3) is 5.91 Å². The lowest BCUT2D eigenvalue weighted by atomic mass is 10.0. The Hall–Kier alpha value is -3.67. The van der Waals surface area contributed by atoms with E-state index < -0.39 is 0 Å². The summed E-state index contributed by atoms with van der Waals surface area (Å²) >= 11 is 0. The predicted octanol–water partition coefficient (Wildman–Crippen LogP) is 4.19. The SMILES string of the molecule is COc1cccc(C2Nc3ccccc3C(=O)N2Cc2ccc3c(c2)OCO3)c1. The number of carbonyl (C=O) groups is 1. The van der Waals surface area contributed by atoms with Gasteiger partial charge in [-0.15, -0.1) is 0 Å². The lowest BCUT2D eigenvalue weighted by Gasteiger charge is -2.38. The van der Waals surface area contributed by atoms with E-state index in [4.69, 9.17) is 14.2 Å². The molecule has 0 spiro atoms. The first kappa shape index (κ1) is 17.4. The van der Waals surface area contributed by atoms with E-state index >= 15 is 0 Å². The number of hydrogen-bond donors (Lipinski definition) is 1. The van der Waals surface area contributed by atoms with E-state index in [0.29, 0.717) is 17.9 Å². The minimum atomic E-state index is -0.321. The molecule has 0 aromatic heterocycles. The monoisotopic (exact) mass is 388 g/mol. The fourth-order valence-electron chi connectivity index (χ4n) is 3.77. The van der Waals surface area contributed by atoms with Crippen LogP contribution in [0.2, 0.25) is 0 Å². The van der Waals surface area contributed by atoms with E-state index in [2.05, 4.69) is 5.32 Å². The first-order chi connectivity index (χ1) is 14.2. The van der Waals surface area contributed by atoms with Gasteiger partial charge in [-0.25, -0.2) is 0 Å². The van der Waals surface area contributed by atoms with E-state index in [9.17, 15) is 4.79 Å². The Kier molecular flexibility index (Phi) is 4.24. The molecule has 1 unspecified atom stereocenters. The average Bonchev–Trinajstić information content (AvgIpc) is 3.23. The molecular formula is C23H20N2O4. The quantitative estimate of drug-likeness (QED) is 0.726. The average molecular weight is 388 g/mol. The highest BCUT2D eigenvalue weighted by Gasteiger charge is 2.33. The molecule has 6 heteroatoms. The summed E-state index contributed by atoms with van der Waals surface area (Å²) in [5.74, 6) is 2.16. The normalized spacial score (nSPS) is 16.9. The third kappa shape index (κ3) is 3.12. The van der Waals surface area contributed by atoms with Crippen LogP contribution < -0.4 is 19.5 Å². The second kappa shape index (κ2) is 7.05. The van der Waals surface area contributed by atoms with Crippen LogP contribution in [0.4, 0.5) is 5.69 Å². The fourth-order valence-corrected chi connectivity index (χ4v) is 3.77. The lowest BCUT2D eigenvalue weighted by Crippen LogP contribution is -2.42. The third-order valence-electron chi connectivity index (χ3n) is 5.22. The highest BCUT2D eigenvalue weighted by Crippen LogP contribution is 2.37. The van der Waals surface area contributed by atoms with Crippen LogP contribution in [-0.2, 0) is 6.54 Å². The molecule has 0 bridgehead atoms. The maximum atomic E-state index is 13.4. The van der Waals surface area contributed by atoms with E-state index in [1.54, 1.807) is 7.11 Å². The summed E-state index contributed by atoms with van der Waals surface area (Å²) in [6, 6.07) is 21.1. The molecule has 0 saturated carbocycles. The van der Waals surface area contributed by atoms with Gasteiger partial charge in [-0.05, 0) is 47.5 Å². The maximum absolute atomic E-state index is 13.4. The van der Waals surface area contributed by atoms with E-state index in [0.717, 1.165) is 28.3 Å². The Labute approximate surface area is 168 Å². The van der Waals surface area contributed by atoms with Gasteiger partial charge in [-0.2, -0.15) is 0 Å². The Morgan fingerprint density at radius 1 is 1.03 bits per heavy atom. The molecule has 1 N–H and O–H groups in total. The Balaban J connectivity index is 1.54. The summed E-state index contributed by atoms with van der Waals surface area (Å²) in [7, 11) is 1.64. The molecule has 6 nitrogen and oxygen atoms in total. The number of hydrogen-bond acceptors (Lipinski definition) is 5. The van der Waals surface area contributed by atoms with Crippen molar-refractivity contribution in [3.05, 3.63) is 83.4 Å². The minimum absolute atomic E-state index is 0.0233. The second-order valence-corrected chi connectivity index (χ2v) is 6.99. The summed E-state index contributed by atoms with van der Waals surface area (Å²) in [5, 5.41) is 3.51. The molecule has 2 aliphatic heterocycles. The number of ether oxygens (including phenoxy) is 3. The van der Waals surface area contributed by atoms with E-state index in [1.807, 2.05) is 71.6 Å². The van der Waals surface area contributed by atoms with Crippen LogP contribution in [-0.4, -0.2) is 24.7 Å². The van der Waals surface area contributed by atoms with Gasteiger partial charge in [0.1, 0.15) is 11.9 Å². The Morgan fingerprint density at radius 2 is 1.90 bits per heavy atom. The van der Waals surface area contributed by atoms with Crippen molar-refractivity contribution in [3.8, 4) is 17.2 Å². The molecule has 29 heavy (non-hydrogen) atoms. The number of benzene rings is 3. The van der Waals surface area contributed by atoms with Gasteiger partial charge >= 0.3 is 0 Å². The zero-order chi connectivity index (χ0) is 19.8. The smallest absolute Gasteiger partial charge is 0.258 e. The molecule has 5 rings (SSSR count). The Morgan fingerprint density at radius 3 is 2.79 bits per heavy atom. The van der Waals surface area contributed by atoms with Gasteiger partial charge in [0, 0.05) is 12.2 Å². The molecule has 146 valence electrons. The van der Waals surface area contributed by atoms with Crippen LogP contribution in [0, 0.1) is 0 Å². The fraction of sp³-hybridized carbons (Fsp3) is 0.174. The van der Waals surface area contributed by atoms with Crippen LogP contribution in [0.5, 0.6) is 17.2 Å². The molecule has 0 radical (unpaired) electrons. The van der Waals surface area contributed by atoms with Crippen molar-refractivity contribution >= 4 is 11.6 Å². The predicted molar refractivity (Wildman–Crippen MR) is 108 cm³/mol. The van der Waals surface area contributed by atoms with Crippen LogP contribution in [0.15, 0.2) is 66.7 Å². The van der Waals surface area contributed by atoms with Crippen LogP contribution in [0.1, 0.15) is 27.7 Å². The number of methoxy groups -OCH3 is 1. The topological polar surface area (TPSA) is 60.0 Å². The van der Waals surface area contributed by atoms with Crippen molar-refractivity contribution in [1.29, 1.82) is 0 Å². The van der Waals surface area contributed by atoms with Crippen molar-refractivity contribution in [2.75, 3.05) is 19.2 Å².